The Bertz CT molecular complexity index is 745. The van der Waals surface area contributed by atoms with Gasteiger partial charge in [-0.2, -0.15) is 8.75 Å². The number of hydrogen-bond donors (Lipinski definition) is 2. The summed E-state index contributed by atoms with van der Waals surface area (Å²) in [5.41, 5.74) is -0.162. The third kappa shape index (κ3) is 3.15. The number of hydrogen-bond acceptors (Lipinski definition) is 8. The molecule has 1 unspecified atom stereocenters. The molecule has 22 heavy (non-hydrogen) atoms. The number of aromatic nitrogens is 2. The quantitative estimate of drug-likeness (QED) is 0.574. The highest BCUT2D eigenvalue weighted by molar-refractivity contribution is 7.00. The van der Waals surface area contributed by atoms with Crippen molar-refractivity contribution in [2.45, 2.75) is 6.04 Å². The van der Waals surface area contributed by atoms with Crippen molar-refractivity contribution in [1.29, 1.82) is 0 Å². The molecule has 0 fully saturated rings. The van der Waals surface area contributed by atoms with Gasteiger partial charge in [-0.1, -0.05) is 0 Å². The molecule has 0 aliphatic heterocycles. The van der Waals surface area contributed by atoms with E-state index in [2.05, 4.69) is 14.1 Å². The van der Waals surface area contributed by atoms with E-state index in [1.807, 2.05) is 0 Å². The number of rotatable bonds is 6. The van der Waals surface area contributed by atoms with Crippen molar-refractivity contribution in [3.63, 3.8) is 0 Å². The summed E-state index contributed by atoms with van der Waals surface area (Å²) in [5, 5.41) is 22.2. The fourth-order valence-corrected chi connectivity index (χ4v) is 2.26. The Morgan fingerprint density at radius 1 is 1.50 bits per heavy atom. The van der Waals surface area contributed by atoms with Crippen LogP contribution in [0.3, 0.4) is 0 Å². The van der Waals surface area contributed by atoms with E-state index >= 15 is 0 Å². The van der Waals surface area contributed by atoms with Crippen molar-refractivity contribution in [1.82, 2.24) is 14.1 Å². The zero-order valence-electron chi connectivity index (χ0n) is 11.2. The smallest absolute Gasteiger partial charge is 0.328 e. The monoisotopic (exact) mass is 326 g/mol. The van der Waals surface area contributed by atoms with E-state index in [1.54, 1.807) is 0 Å². The molecule has 11 heteroatoms. The van der Waals surface area contributed by atoms with Crippen LogP contribution in [0.4, 0.5) is 5.69 Å². The Kier molecular flexibility index (Phi) is 4.58. The van der Waals surface area contributed by atoms with Crippen molar-refractivity contribution in [2.24, 2.45) is 0 Å². The topological polar surface area (TPSA) is 145 Å². The first kappa shape index (κ1) is 15.7. The number of nitrogens with zero attached hydrogens (tertiary/aromatic N) is 3. The molecule has 0 aliphatic carbocycles. The van der Waals surface area contributed by atoms with Crippen molar-refractivity contribution < 1.29 is 24.4 Å². The second-order valence-electron chi connectivity index (χ2n) is 4.20. The van der Waals surface area contributed by atoms with Crippen LogP contribution in [-0.4, -0.2) is 50.4 Å². The van der Waals surface area contributed by atoms with E-state index in [9.17, 15) is 19.7 Å². The van der Waals surface area contributed by atoms with Gasteiger partial charge >= 0.3 is 5.97 Å². The minimum atomic E-state index is -1.28. The van der Waals surface area contributed by atoms with E-state index in [-0.39, 0.29) is 28.9 Å². The van der Waals surface area contributed by atoms with Crippen LogP contribution in [0.25, 0.3) is 11.0 Å². The number of carboxylic acid groups (broad SMARTS) is 1. The molecule has 1 aromatic carbocycles. The lowest BCUT2D eigenvalue weighted by molar-refractivity contribution is -0.383. The fraction of sp³-hybridized carbons (Fsp3) is 0.273. The van der Waals surface area contributed by atoms with E-state index in [0.717, 1.165) is 17.8 Å². The summed E-state index contributed by atoms with van der Waals surface area (Å²) in [6.07, 6.45) is 0. The number of nitro groups is 1. The maximum atomic E-state index is 12.1. The molecule has 116 valence electrons. The number of carboxylic acids is 1. The Labute approximate surface area is 127 Å². The largest absolute Gasteiger partial charge is 0.480 e. The van der Waals surface area contributed by atoms with Crippen LogP contribution in [0.1, 0.15) is 10.4 Å². The average molecular weight is 326 g/mol. The molecule has 1 heterocycles. The summed E-state index contributed by atoms with van der Waals surface area (Å²) in [6, 6.07) is 1.08. The minimum absolute atomic E-state index is 0.0748. The average Bonchev–Trinajstić information content (AvgIpc) is 2.93. The molecule has 0 saturated heterocycles. The molecule has 0 saturated carbocycles. The number of carbonyl (C=O) groups excluding carboxylic acids is 1. The van der Waals surface area contributed by atoms with Crippen molar-refractivity contribution in [3.05, 3.63) is 27.8 Å². The molecule has 0 radical (unpaired) electrons. The van der Waals surface area contributed by atoms with Gasteiger partial charge in [0.05, 0.1) is 23.3 Å². The number of non-ortho nitro benzene ring substituents is 1. The molecule has 2 aromatic rings. The van der Waals surface area contributed by atoms with Crippen molar-refractivity contribution in [3.8, 4) is 0 Å². The van der Waals surface area contributed by atoms with Gasteiger partial charge in [-0.3, -0.25) is 14.9 Å². The van der Waals surface area contributed by atoms with Crippen molar-refractivity contribution >= 4 is 40.3 Å². The van der Waals surface area contributed by atoms with E-state index in [1.165, 1.54) is 13.2 Å². The number of aliphatic carboxylic acids is 1. The van der Waals surface area contributed by atoms with Gasteiger partial charge in [0.1, 0.15) is 5.52 Å². The molecule has 1 atom stereocenters. The summed E-state index contributed by atoms with van der Waals surface area (Å²) in [4.78, 5) is 33.4. The van der Waals surface area contributed by atoms with E-state index < -0.39 is 22.8 Å². The van der Waals surface area contributed by atoms with Crippen LogP contribution in [0.2, 0.25) is 0 Å². The molecule has 1 aromatic heterocycles. The van der Waals surface area contributed by atoms with Gasteiger partial charge < -0.3 is 15.2 Å². The summed E-state index contributed by atoms with van der Waals surface area (Å²) >= 11 is 0.782. The van der Waals surface area contributed by atoms with Crippen LogP contribution in [0.5, 0.6) is 0 Å². The highest BCUT2D eigenvalue weighted by Gasteiger charge is 2.24. The lowest BCUT2D eigenvalue weighted by Gasteiger charge is -2.13. The van der Waals surface area contributed by atoms with Gasteiger partial charge in [0.2, 0.25) is 0 Å². The number of benzene rings is 1. The zero-order valence-corrected chi connectivity index (χ0v) is 12.0. The summed E-state index contributed by atoms with van der Waals surface area (Å²) in [6.45, 7) is -0.232. The number of amides is 1. The van der Waals surface area contributed by atoms with Crippen LogP contribution in [-0.2, 0) is 9.53 Å². The summed E-state index contributed by atoms with van der Waals surface area (Å²) in [5.74, 6) is -2.05. The Hall–Kier alpha value is -2.66. The zero-order chi connectivity index (χ0) is 16.3. The van der Waals surface area contributed by atoms with Gasteiger partial charge in [0.15, 0.2) is 11.6 Å². The summed E-state index contributed by atoms with van der Waals surface area (Å²) < 4.78 is 12.4. The predicted octanol–water partition coefficient (Wildman–Crippen LogP) is 0.429. The minimum Gasteiger partial charge on any atom is -0.480 e. The van der Waals surface area contributed by atoms with Crippen LogP contribution >= 0.6 is 11.7 Å². The van der Waals surface area contributed by atoms with E-state index in [0.29, 0.717) is 0 Å². The second-order valence-corrected chi connectivity index (χ2v) is 4.73. The molecular formula is C11H10N4O6S. The molecule has 0 bridgehead atoms. The molecule has 1 amide bonds. The van der Waals surface area contributed by atoms with Gasteiger partial charge in [0, 0.05) is 18.7 Å². The van der Waals surface area contributed by atoms with Gasteiger partial charge in [-0.15, -0.1) is 0 Å². The highest BCUT2D eigenvalue weighted by Crippen LogP contribution is 2.25. The Morgan fingerprint density at radius 2 is 2.23 bits per heavy atom. The molecule has 2 rings (SSSR count). The van der Waals surface area contributed by atoms with Gasteiger partial charge in [-0.25, -0.2) is 4.79 Å². The maximum absolute atomic E-state index is 12.1. The normalized spacial score (nSPS) is 12.0. The Morgan fingerprint density at radius 3 is 2.82 bits per heavy atom. The lowest BCUT2D eigenvalue weighted by atomic mass is 10.1. The number of ether oxygens (including phenoxy) is 1. The SMILES string of the molecule is COCC(NC(=O)c1cc([N+](=O)[O-])c2nsnc2c1)C(=O)O. The van der Waals surface area contributed by atoms with E-state index in [4.69, 9.17) is 9.84 Å². The fourth-order valence-electron chi connectivity index (χ4n) is 1.73. The second kappa shape index (κ2) is 6.41. The van der Waals surface area contributed by atoms with Crippen LogP contribution < -0.4 is 5.32 Å². The first-order valence-electron chi connectivity index (χ1n) is 5.87. The highest BCUT2D eigenvalue weighted by atomic mass is 32.1. The summed E-state index contributed by atoms with van der Waals surface area (Å²) in [7, 11) is 1.29. The Balaban J connectivity index is 2.35. The molecule has 0 aliphatic rings. The lowest BCUT2D eigenvalue weighted by Crippen LogP contribution is -2.43. The molecule has 10 nitrogen and oxygen atoms in total. The number of carbonyl (C=O) groups is 2. The third-order valence-corrected chi connectivity index (χ3v) is 3.28. The standard InChI is InChI=1S/C11H10N4O6S/c1-21-4-7(11(17)18)12-10(16)5-2-6-9(14-22-13-6)8(3-5)15(19)20/h2-3,7H,4H2,1H3,(H,12,16)(H,17,18). The molecular weight excluding hydrogens is 316 g/mol. The number of fused-ring (bicyclic) bond motifs is 1. The van der Waals surface area contributed by atoms with Gasteiger partial charge in [-0.05, 0) is 6.07 Å². The number of methoxy groups -OCH3 is 1. The number of nitrogens with one attached hydrogen (secondary N) is 1. The first-order valence-corrected chi connectivity index (χ1v) is 6.60. The predicted molar refractivity (Wildman–Crippen MR) is 74.8 cm³/mol. The number of nitro benzene ring substituents is 1. The van der Waals surface area contributed by atoms with Gasteiger partial charge in [0.25, 0.3) is 11.6 Å². The van der Waals surface area contributed by atoms with Crippen LogP contribution in [0.15, 0.2) is 12.1 Å². The first-order chi connectivity index (χ1) is 10.4. The van der Waals surface area contributed by atoms with Crippen molar-refractivity contribution in [2.75, 3.05) is 13.7 Å². The van der Waals surface area contributed by atoms with Crippen LogP contribution in [0, 0.1) is 10.1 Å². The molecule has 0 spiro atoms. The maximum Gasteiger partial charge on any atom is 0.328 e. The third-order valence-electron chi connectivity index (χ3n) is 2.74. The molecule has 2 N–H and O–H groups in total.